The van der Waals surface area contributed by atoms with E-state index in [1.807, 2.05) is 0 Å². The Morgan fingerprint density at radius 1 is 1.23 bits per heavy atom. The third-order valence-electron chi connectivity index (χ3n) is 0.895. The first kappa shape index (κ1) is 9.62. The molecule has 1 aromatic heterocycles. The van der Waals surface area contributed by atoms with Crippen LogP contribution in [0.3, 0.4) is 0 Å². The van der Waals surface area contributed by atoms with Gasteiger partial charge in [0, 0.05) is 0 Å². The lowest BCUT2D eigenvalue weighted by molar-refractivity contribution is -0.277. The van der Waals surface area contributed by atoms with Crippen molar-refractivity contribution < 1.29 is 26.7 Å². The van der Waals surface area contributed by atoms with Crippen LogP contribution in [0.1, 0.15) is 0 Å². The lowest BCUT2D eigenvalue weighted by Crippen LogP contribution is -2.19. The number of nitrogens with zero attached hydrogens (tertiary/aromatic N) is 2. The summed E-state index contributed by atoms with van der Waals surface area (Å²) in [5.41, 5.74) is 0. The summed E-state index contributed by atoms with van der Waals surface area (Å²) in [6.45, 7) is 0. The maximum atomic E-state index is 12.4. The Hall–Kier alpha value is -1.47. The molecule has 0 aliphatic rings. The fourth-order valence-electron chi connectivity index (χ4n) is 0.512. The zero-order valence-corrected chi connectivity index (χ0v) is 5.77. The van der Waals surface area contributed by atoms with Crippen LogP contribution >= 0.6 is 0 Å². The Morgan fingerprint density at radius 2 is 1.85 bits per heavy atom. The van der Waals surface area contributed by atoms with Gasteiger partial charge in [-0.25, -0.2) is 4.98 Å². The molecule has 0 saturated heterocycles. The fraction of sp³-hybridized carbons (Fsp3) is 0.200. The van der Waals surface area contributed by atoms with Crippen molar-refractivity contribution in [2.45, 2.75) is 6.36 Å². The number of halogens is 5. The molecule has 0 radical (unpaired) electrons. The molecular formula is C5HF5N2O. The van der Waals surface area contributed by atoms with Gasteiger partial charge in [-0.1, -0.05) is 0 Å². The highest BCUT2D eigenvalue weighted by atomic mass is 19.4. The molecule has 0 unspecified atom stereocenters. The molecule has 8 heteroatoms. The summed E-state index contributed by atoms with van der Waals surface area (Å²) in [4.78, 5) is 5.13. The third kappa shape index (κ3) is 2.80. The van der Waals surface area contributed by atoms with Crippen LogP contribution in [0.5, 0.6) is 5.88 Å². The molecule has 0 saturated carbocycles. The molecule has 0 amide bonds. The van der Waals surface area contributed by atoms with E-state index < -0.39 is 24.1 Å². The van der Waals surface area contributed by atoms with Crippen molar-refractivity contribution in [3.05, 3.63) is 18.1 Å². The van der Waals surface area contributed by atoms with E-state index in [0.29, 0.717) is 0 Å². The molecule has 0 aromatic carbocycles. The largest absolute Gasteiger partial charge is 0.574 e. The maximum Gasteiger partial charge on any atom is 0.574 e. The highest BCUT2D eigenvalue weighted by molar-refractivity contribution is 5.08. The minimum absolute atomic E-state index is 0.239. The lowest BCUT2D eigenvalue weighted by atomic mass is 10.6. The molecule has 0 N–H and O–H groups in total. The second-order valence-electron chi connectivity index (χ2n) is 1.84. The van der Waals surface area contributed by atoms with Gasteiger partial charge < -0.3 is 4.74 Å². The monoisotopic (exact) mass is 200 g/mol. The molecule has 1 rings (SSSR count). The van der Waals surface area contributed by atoms with E-state index in [0.717, 1.165) is 0 Å². The van der Waals surface area contributed by atoms with E-state index in [1.54, 1.807) is 0 Å². The first-order chi connectivity index (χ1) is 5.88. The first-order valence-electron chi connectivity index (χ1n) is 2.82. The van der Waals surface area contributed by atoms with Crippen molar-refractivity contribution in [3.63, 3.8) is 0 Å². The van der Waals surface area contributed by atoms with Crippen LogP contribution in [0, 0.1) is 11.9 Å². The van der Waals surface area contributed by atoms with Crippen LogP contribution < -0.4 is 4.74 Å². The van der Waals surface area contributed by atoms with Gasteiger partial charge in [0.2, 0.25) is 5.82 Å². The molecule has 0 spiro atoms. The summed E-state index contributed by atoms with van der Waals surface area (Å²) >= 11 is 0. The molecule has 0 fully saturated rings. The molecule has 0 bridgehead atoms. The van der Waals surface area contributed by atoms with Crippen molar-refractivity contribution >= 4 is 0 Å². The Morgan fingerprint density at radius 3 is 2.38 bits per heavy atom. The summed E-state index contributed by atoms with van der Waals surface area (Å²) in [5.74, 6) is -2.97. The van der Waals surface area contributed by atoms with Crippen molar-refractivity contribution in [2.24, 2.45) is 0 Å². The summed E-state index contributed by atoms with van der Waals surface area (Å²) in [6, 6.07) is 0. The minimum atomic E-state index is -5.11. The number of ether oxygens (including phenoxy) is 1. The Balaban J connectivity index is 2.94. The smallest absolute Gasteiger partial charge is 0.384 e. The number of hydrogen-bond donors (Lipinski definition) is 0. The van der Waals surface area contributed by atoms with Gasteiger partial charge in [-0.2, -0.15) is 13.8 Å². The average Bonchev–Trinajstić information content (AvgIpc) is 1.94. The quantitative estimate of drug-likeness (QED) is 0.510. The zero-order chi connectivity index (χ0) is 10.1. The number of rotatable bonds is 1. The number of aromatic nitrogens is 2. The van der Waals surface area contributed by atoms with Crippen molar-refractivity contribution in [1.29, 1.82) is 0 Å². The van der Waals surface area contributed by atoms with Gasteiger partial charge in [-0.15, -0.1) is 13.2 Å². The lowest BCUT2D eigenvalue weighted by Gasteiger charge is -2.07. The van der Waals surface area contributed by atoms with E-state index in [9.17, 15) is 22.0 Å². The van der Waals surface area contributed by atoms with Crippen LogP contribution in [0.15, 0.2) is 6.20 Å². The molecule has 0 atom stereocenters. The standard InChI is InChI=1S/C5HF5N2O/c6-2-1-11-4(7)12-3(2)13-5(8,9)10/h1H. The molecule has 1 heterocycles. The summed E-state index contributed by atoms with van der Waals surface area (Å²) in [6.07, 6.45) is -6.37. The predicted octanol–water partition coefficient (Wildman–Crippen LogP) is 1.65. The van der Waals surface area contributed by atoms with E-state index in [1.165, 1.54) is 0 Å². The van der Waals surface area contributed by atoms with E-state index >= 15 is 0 Å². The van der Waals surface area contributed by atoms with E-state index in [4.69, 9.17) is 0 Å². The predicted molar refractivity (Wildman–Crippen MR) is 28.6 cm³/mol. The molecule has 0 aliphatic carbocycles. The normalized spacial score (nSPS) is 11.5. The molecule has 13 heavy (non-hydrogen) atoms. The molecule has 1 aromatic rings. The SMILES string of the molecule is Fc1ncc(F)c(OC(F)(F)F)n1. The van der Waals surface area contributed by atoms with Gasteiger partial charge in [-0.05, 0) is 0 Å². The molecule has 3 nitrogen and oxygen atoms in total. The average molecular weight is 200 g/mol. The molecule has 72 valence electrons. The van der Waals surface area contributed by atoms with Crippen LogP contribution in [-0.2, 0) is 0 Å². The van der Waals surface area contributed by atoms with Crippen LogP contribution in [0.2, 0.25) is 0 Å². The van der Waals surface area contributed by atoms with Gasteiger partial charge >= 0.3 is 12.4 Å². The second kappa shape index (κ2) is 3.11. The van der Waals surface area contributed by atoms with Gasteiger partial charge in [-0.3, -0.25) is 0 Å². The Kier molecular flexibility index (Phi) is 2.30. The van der Waals surface area contributed by atoms with Gasteiger partial charge in [0.05, 0.1) is 6.20 Å². The zero-order valence-electron chi connectivity index (χ0n) is 5.77. The summed E-state index contributed by atoms with van der Waals surface area (Å²) in [7, 11) is 0. The van der Waals surface area contributed by atoms with E-state index in [-0.39, 0.29) is 6.20 Å². The van der Waals surface area contributed by atoms with Crippen molar-refractivity contribution in [3.8, 4) is 5.88 Å². The molecule has 0 aliphatic heterocycles. The highest BCUT2D eigenvalue weighted by Gasteiger charge is 2.33. The van der Waals surface area contributed by atoms with Crippen molar-refractivity contribution in [2.75, 3.05) is 0 Å². The first-order valence-corrected chi connectivity index (χ1v) is 2.82. The highest BCUT2D eigenvalue weighted by Crippen LogP contribution is 2.22. The summed E-state index contributed by atoms with van der Waals surface area (Å²) < 4.78 is 62.0. The Bertz CT molecular complexity index is 312. The topological polar surface area (TPSA) is 35.0 Å². The second-order valence-corrected chi connectivity index (χ2v) is 1.84. The van der Waals surface area contributed by atoms with Crippen LogP contribution in [0.25, 0.3) is 0 Å². The van der Waals surface area contributed by atoms with Crippen LogP contribution in [-0.4, -0.2) is 16.3 Å². The third-order valence-corrected chi connectivity index (χ3v) is 0.895. The minimum Gasteiger partial charge on any atom is -0.384 e. The fourth-order valence-corrected chi connectivity index (χ4v) is 0.512. The van der Waals surface area contributed by atoms with Crippen LogP contribution in [0.4, 0.5) is 22.0 Å². The number of alkyl halides is 3. The Labute approximate surface area is 68.2 Å². The van der Waals surface area contributed by atoms with E-state index in [2.05, 4.69) is 14.7 Å². The van der Waals surface area contributed by atoms with Gasteiger partial charge in [0.1, 0.15) is 0 Å². The summed E-state index contributed by atoms with van der Waals surface area (Å²) in [5, 5.41) is 0. The van der Waals surface area contributed by atoms with Gasteiger partial charge in [0.15, 0.2) is 0 Å². The molecular weight excluding hydrogens is 199 g/mol. The number of hydrogen-bond acceptors (Lipinski definition) is 3. The van der Waals surface area contributed by atoms with Crippen molar-refractivity contribution in [1.82, 2.24) is 9.97 Å². The maximum absolute atomic E-state index is 12.4. The van der Waals surface area contributed by atoms with Gasteiger partial charge in [0.25, 0.3) is 5.88 Å².